The molecule has 0 spiro atoms. The average molecular weight is 317 g/mol. The molecule has 2 N–H and O–H groups in total. The van der Waals surface area contributed by atoms with Gasteiger partial charge >= 0.3 is 11.8 Å². The van der Waals surface area contributed by atoms with E-state index >= 15 is 0 Å². The highest BCUT2D eigenvalue weighted by Crippen LogP contribution is 2.28. The van der Waals surface area contributed by atoms with Crippen LogP contribution in [0.25, 0.3) is 0 Å². The maximum Gasteiger partial charge on any atom is 0.313 e. The molecular formula is C18H27N3O2. The predicted molar refractivity (Wildman–Crippen MR) is 93.5 cm³/mol. The van der Waals surface area contributed by atoms with Gasteiger partial charge in [0.15, 0.2) is 0 Å². The van der Waals surface area contributed by atoms with E-state index in [1.165, 1.54) is 12.8 Å². The van der Waals surface area contributed by atoms with Crippen molar-refractivity contribution in [2.24, 2.45) is 11.8 Å². The van der Waals surface area contributed by atoms with E-state index in [0.29, 0.717) is 24.1 Å². The number of hydrogen-bond acceptors (Lipinski definition) is 3. The van der Waals surface area contributed by atoms with Crippen LogP contribution in [0.2, 0.25) is 0 Å². The molecule has 1 saturated carbocycles. The predicted octanol–water partition coefficient (Wildman–Crippen LogP) is 2.63. The zero-order chi connectivity index (χ0) is 16.8. The summed E-state index contributed by atoms with van der Waals surface area (Å²) in [4.78, 5) is 26.0. The fourth-order valence-electron chi connectivity index (χ4n) is 3.21. The minimum atomic E-state index is -0.608. The molecule has 1 aliphatic rings. The highest BCUT2D eigenvalue weighted by atomic mass is 16.2. The molecule has 126 valence electrons. The van der Waals surface area contributed by atoms with Crippen LogP contribution in [-0.2, 0) is 9.59 Å². The molecule has 2 rings (SSSR count). The lowest BCUT2D eigenvalue weighted by Crippen LogP contribution is -2.39. The van der Waals surface area contributed by atoms with Crippen LogP contribution in [0.15, 0.2) is 24.3 Å². The number of hydrogen-bond donors (Lipinski definition) is 2. The van der Waals surface area contributed by atoms with E-state index in [-0.39, 0.29) is 0 Å². The number of nitrogens with zero attached hydrogens (tertiary/aromatic N) is 1. The van der Waals surface area contributed by atoms with Crippen molar-refractivity contribution in [3.05, 3.63) is 24.3 Å². The molecule has 0 radical (unpaired) electrons. The Morgan fingerprint density at radius 1 is 1.17 bits per heavy atom. The van der Waals surface area contributed by atoms with E-state index in [0.717, 1.165) is 18.5 Å². The third kappa shape index (κ3) is 4.98. The van der Waals surface area contributed by atoms with Gasteiger partial charge in [0.2, 0.25) is 0 Å². The Morgan fingerprint density at radius 2 is 1.91 bits per heavy atom. The molecule has 0 aliphatic heterocycles. The fourth-order valence-corrected chi connectivity index (χ4v) is 3.21. The highest BCUT2D eigenvalue weighted by molar-refractivity contribution is 6.39. The number of nitrogens with one attached hydrogen (secondary N) is 2. The maximum absolute atomic E-state index is 12.1. The minimum absolute atomic E-state index is 0.490. The van der Waals surface area contributed by atoms with E-state index < -0.39 is 11.8 Å². The van der Waals surface area contributed by atoms with Crippen LogP contribution in [-0.4, -0.2) is 32.5 Å². The average Bonchev–Trinajstić information content (AvgIpc) is 2.53. The quantitative estimate of drug-likeness (QED) is 0.839. The highest BCUT2D eigenvalue weighted by Gasteiger charge is 2.21. The molecule has 23 heavy (non-hydrogen) atoms. The van der Waals surface area contributed by atoms with E-state index in [2.05, 4.69) is 17.6 Å². The summed E-state index contributed by atoms with van der Waals surface area (Å²) in [7, 11) is 3.80. The Kier molecular flexibility index (Phi) is 6.02. The van der Waals surface area contributed by atoms with Crippen molar-refractivity contribution in [3.8, 4) is 0 Å². The van der Waals surface area contributed by atoms with Crippen LogP contribution in [0.5, 0.6) is 0 Å². The summed E-state index contributed by atoms with van der Waals surface area (Å²) in [6.45, 7) is 2.84. The lowest BCUT2D eigenvalue weighted by molar-refractivity contribution is -0.136. The molecule has 2 amide bonds. The summed E-state index contributed by atoms with van der Waals surface area (Å²) in [6, 6.07) is 7.43. The lowest BCUT2D eigenvalue weighted by Gasteiger charge is -2.26. The molecule has 1 aromatic rings. The summed E-state index contributed by atoms with van der Waals surface area (Å²) in [5.41, 5.74) is 1.51. The largest absolute Gasteiger partial charge is 0.376 e. The Bertz CT molecular complexity index is 557. The number of anilines is 2. The van der Waals surface area contributed by atoms with Crippen molar-refractivity contribution < 1.29 is 9.59 Å². The van der Waals surface area contributed by atoms with Crippen LogP contribution >= 0.6 is 0 Å². The second kappa shape index (κ2) is 7.99. The van der Waals surface area contributed by atoms with E-state index in [4.69, 9.17) is 0 Å². The SMILES string of the molecule is CC1CCCC(CNC(=O)C(=O)Nc2ccccc2N(C)C)C1. The fraction of sp³-hybridized carbons (Fsp3) is 0.556. The molecule has 0 bridgehead atoms. The van der Waals surface area contributed by atoms with Crippen molar-refractivity contribution in [3.63, 3.8) is 0 Å². The zero-order valence-electron chi connectivity index (χ0n) is 14.3. The van der Waals surface area contributed by atoms with E-state index in [1.54, 1.807) is 6.07 Å². The first-order valence-electron chi connectivity index (χ1n) is 8.33. The first-order chi connectivity index (χ1) is 11.0. The molecule has 5 heteroatoms. The van der Waals surface area contributed by atoms with Crippen LogP contribution in [0.1, 0.15) is 32.6 Å². The Hall–Kier alpha value is -2.04. The van der Waals surface area contributed by atoms with Gasteiger partial charge in [-0.25, -0.2) is 0 Å². The second-order valence-electron chi connectivity index (χ2n) is 6.71. The van der Waals surface area contributed by atoms with Gasteiger partial charge < -0.3 is 15.5 Å². The number of para-hydroxylation sites is 2. The monoisotopic (exact) mass is 317 g/mol. The van der Waals surface area contributed by atoms with Gasteiger partial charge in [-0.1, -0.05) is 31.9 Å². The van der Waals surface area contributed by atoms with Gasteiger partial charge in [-0.2, -0.15) is 0 Å². The summed E-state index contributed by atoms with van der Waals surface area (Å²) < 4.78 is 0. The van der Waals surface area contributed by atoms with Gasteiger partial charge in [-0.15, -0.1) is 0 Å². The summed E-state index contributed by atoms with van der Waals surface area (Å²) in [5, 5.41) is 5.47. The molecule has 2 atom stereocenters. The third-order valence-corrected chi connectivity index (χ3v) is 4.44. The van der Waals surface area contributed by atoms with Crippen LogP contribution in [0.4, 0.5) is 11.4 Å². The molecule has 2 unspecified atom stereocenters. The molecule has 0 saturated heterocycles. The molecule has 0 heterocycles. The Balaban J connectivity index is 1.87. The minimum Gasteiger partial charge on any atom is -0.376 e. The van der Waals surface area contributed by atoms with Crippen molar-refractivity contribution in [1.82, 2.24) is 5.32 Å². The first-order valence-corrected chi connectivity index (χ1v) is 8.33. The second-order valence-corrected chi connectivity index (χ2v) is 6.71. The Labute approximate surface area is 138 Å². The molecule has 0 aromatic heterocycles. The maximum atomic E-state index is 12.1. The number of benzene rings is 1. The van der Waals surface area contributed by atoms with E-state index in [9.17, 15) is 9.59 Å². The topological polar surface area (TPSA) is 61.4 Å². The number of amides is 2. The van der Waals surface area contributed by atoms with Crippen molar-refractivity contribution >= 4 is 23.2 Å². The number of carbonyl (C=O) groups is 2. The van der Waals surface area contributed by atoms with Crippen LogP contribution in [0.3, 0.4) is 0 Å². The van der Waals surface area contributed by atoms with Gasteiger partial charge in [-0.05, 0) is 36.8 Å². The Morgan fingerprint density at radius 3 is 2.61 bits per heavy atom. The molecule has 1 aliphatic carbocycles. The van der Waals surface area contributed by atoms with Gasteiger partial charge in [0.05, 0.1) is 11.4 Å². The first kappa shape index (κ1) is 17.3. The summed E-state index contributed by atoms with van der Waals surface area (Å²) >= 11 is 0. The summed E-state index contributed by atoms with van der Waals surface area (Å²) in [6.07, 6.45) is 4.75. The van der Waals surface area contributed by atoms with Gasteiger partial charge in [-0.3, -0.25) is 9.59 Å². The molecular weight excluding hydrogens is 290 g/mol. The third-order valence-electron chi connectivity index (χ3n) is 4.44. The van der Waals surface area contributed by atoms with Crippen LogP contribution in [0, 0.1) is 11.8 Å². The number of rotatable bonds is 4. The number of carbonyl (C=O) groups excluding carboxylic acids is 2. The van der Waals surface area contributed by atoms with Crippen molar-refractivity contribution in [1.29, 1.82) is 0 Å². The van der Waals surface area contributed by atoms with E-state index in [1.807, 2.05) is 37.2 Å². The van der Waals surface area contributed by atoms with Gasteiger partial charge in [0.25, 0.3) is 0 Å². The normalized spacial score (nSPS) is 20.7. The summed E-state index contributed by atoms with van der Waals surface area (Å²) in [5.74, 6) is 0.0379. The van der Waals surface area contributed by atoms with Crippen molar-refractivity contribution in [2.45, 2.75) is 32.6 Å². The molecule has 1 aromatic carbocycles. The molecule has 5 nitrogen and oxygen atoms in total. The smallest absolute Gasteiger partial charge is 0.313 e. The lowest BCUT2D eigenvalue weighted by atomic mass is 9.82. The van der Waals surface area contributed by atoms with Gasteiger partial charge in [0, 0.05) is 20.6 Å². The standard InChI is InChI=1S/C18H27N3O2/c1-13-7-6-8-14(11-13)12-19-17(22)18(23)20-15-9-4-5-10-16(15)21(2)3/h4-5,9-10,13-14H,6-8,11-12H2,1-3H3,(H,19,22)(H,20,23). The molecule has 1 fully saturated rings. The zero-order valence-corrected chi connectivity index (χ0v) is 14.3. The van der Waals surface area contributed by atoms with Gasteiger partial charge in [0.1, 0.15) is 0 Å². The van der Waals surface area contributed by atoms with Crippen molar-refractivity contribution in [2.75, 3.05) is 30.9 Å². The van der Waals surface area contributed by atoms with Crippen LogP contribution < -0.4 is 15.5 Å².